The number of unbranched alkanes of at least 4 members (excludes halogenated alkanes) is 22. The predicted octanol–water partition coefficient (Wildman–Crippen LogP) is 14.8. The first kappa shape index (κ1) is 61.3. The second kappa shape index (κ2) is 48.2. The number of likely N-dealkylation sites (N-methyl/N-ethyl adjacent to an activating group) is 1. The number of esters is 1. The molecule has 0 rings (SSSR count). The van der Waals surface area contributed by atoms with Crippen molar-refractivity contribution in [1.29, 1.82) is 0 Å². The first-order valence-corrected chi connectivity index (χ1v) is 27.4. The lowest BCUT2D eigenvalue weighted by atomic mass is 9.95. The van der Waals surface area contributed by atoms with Crippen molar-refractivity contribution in [3.05, 3.63) is 0 Å². The molecule has 0 amide bonds. The molecule has 0 bridgehead atoms. The lowest BCUT2D eigenvalue weighted by Crippen LogP contribution is -2.39. The van der Waals surface area contributed by atoms with E-state index in [1.54, 1.807) is 0 Å². The molecule has 0 aromatic rings. The van der Waals surface area contributed by atoms with Gasteiger partial charge in [-0.3, -0.25) is 14.5 Å². The van der Waals surface area contributed by atoms with Crippen LogP contribution in [0.25, 0.3) is 0 Å². The van der Waals surface area contributed by atoms with E-state index < -0.39 is 6.16 Å². The zero-order valence-corrected chi connectivity index (χ0v) is 42.8. The molecule has 9 heteroatoms. The van der Waals surface area contributed by atoms with Gasteiger partial charge in [-0.2, -0.15) is 0 Å². The summed E-state index contributed by atoms with van der Waals surface area (Å²) in [4.78, 5) is 42.6. The van der Waals surface area contributed by atoms with Gasteiger partial charge in [-0.1, -0.05) is 189 Å². The molecule has 0 aliphatic heterocycles. The maximum Gasteiger partial charge on any atom is 0.508 e. The van der Waals surface area contributed by atoms with E-state index in [0.717, 1.165) is 103 Å². The van der Waals surface area contributed by atoms with Crippen molar-refractivity contribution in [2.45, 2.75) is 260 Å². The van der Waals surface area contributed by atoms with Gasteiger partial charge >= 0.3 is 12.1 Å². The fourth-order valence-corrected chi connectivity index (χ4v) is 8.39. The smallest absolute Gasteiger partial charge is 0.465 e. The molecule has 2 unspecified atom stereocenters. The van der Waals surface area contributed by atoms with Gasteiger partial charge in [0.25, 0.3) is 0 Å². The van der Waals surface area contributed by atoms with E-state index in [1.807, 2.05) is 0 Å². The molecule has 0 radical (unpaired) electrons. The Kier molecular flexibility index (Phi) is 46.9. The molecule has 2 atom stereocenters. The summed E-state index contributed by atoms with van der Waals surface area (Å²) in [5.74, 6) is 0.679. The predicted molar refractivity (Wildman–Crippen MR) is 266 cm³/mol. The third kappa shape index (κ3) is 42.7. The van der Waals surface area contributed by atoms with Crippen molar-refractivity contribution in [3.8, 4) is 0 Å². The Bertz CT molecular complexity index is 993. The van der Waals surface area contributed by atoms with Crippen molar-refractivity contribution in [1.82, 2.24) is 9.80 Å². The summed E-state index contributed by atoms with van der Waals surface area (Å²) < 4.78 is 23.2. The van der Waals surface area contributed by atoms with Crippen molar-refractivity contribution < 1.29 is 33.3 Å². The number of ketones is 1. The molecular formula is C54H106N2O7. The molecule has 0 aromatic heterocycles. The minimum atomic E-state index is -0.566. The molecule has 0 heterocycles. The number of hydrogen-bond acceptors (Lipinski definition) is 9. The summed E-state index contributed by atoms with van der Waals surface area (Å²) in [6.07, 6.45) is 36.8. The summed E-state index contributed by atoms with van der Waals surface area (Å²) in [6, 6.07) is 0. The third-order valence-electron chi connectivity index (χ3n) is 12.8. The zero-order valence-electron chi connectivity index (χ0n) is 42.8. The highest BCUT2D eigenvalue weighted by atomic mass is 16.7. The Morgan fingerprint density at radius 3 is 1.38 bits per heavy atom. The molecule has 0 aliphatic carbocycles. The van der Waals surface area contributed by atoms with E-state index in [4.69, 9.17) is 18.9 Å². The number of hydrogen-bond donors (Lipinski definition) is 0. The topological polar surface area (TPSA) is 94.6 Å². The molecular weight excluding hydrogens is 789 g/mol. The van der Waals surface area contributed by atoms with Crippen LogP contribution in [0.1, 0.15) is 253 Å². The number of carbonyl (C=O) groups excluding carboxylic acids is 3. The van der Waals surface area contributed by atoms with Gasteiger partial charge < -0.3 is 23.8 Å². The van der Waals surface area contributed by atoms with Crippen LogP contribution in [0.15, 0.2) is 0 Å². The quantitative estimate of drug-likeness (QED) is 0.0437. The minimum Gasteiger partial charge on any atom is -0.465 e. The largest absolute Gasteiger partial charge is 0.508 e. The van der Waals surface area contributed by atoms with Crippen LogP contribution in [0.2, 0.25) is 0 Å². The van der Waals surface area contributed by atoms with E-state index in [9.17, 15) is 14.4 Å². The third-order valence-corrected chi connectivity index (χ3v) is 12.8. The summed E-state index contributed by atoms with van der Waals surface area (Å²) in [5, 5.41) is 0. The molecule has 0 saturated heterocycles. The minimum absolute atomic E-state index is 0.0231. The number of ether oxygens (including phenoxy) is 4. The van der Waals surface area contributed by atoms with Crippen LogP contribution in [0, 0.1) is 5.92 Å². The van der Waals surface area contributed by atoms with Gasteiger partial charge in [0.15, 0.2) is 5.78 Å². The normalized spacial score (nSPS) is 12.6. The Hall–Kier alpha value is -1.71. The molecule has 63 heavy (non-hydrogen) atoms. The van der Waals surface area contributed by atoms with Gasteiger partial charge in [-0.25, -0.2) is 4.79 Å². The summed E-state index contributed by atoms with van der Waals surface area (Å²) in [7, 11) is 0. The maximum atomic E-state index is 12.9. The first-order valence-electron chi connectivity index (χ1n) is 27.4. The Balaban J connectivity index is 4.60. The Labute approximate surface area is 391 Å². The number of Topliss-reactive ketones (excluding diaryl/α,β-unsaturated/α-hetero) is 1. The van der Waals surface area contributed by atoms with Crippen molar-refractivity contribution >= 4 is 17.9 Å². The highest BCUT2D eigenvalue weighted by molar-refractivity contribution is 5.79. The average Bonchev–Trinajstić information content (AvgIpc) is 3.28. The fourth-order valence-electron chi connectivity index (χ4n) is 8.39. The van der Waals surface area contributed by atoms with Crippen LogP contribution >= 0.6 is 0 Å². The fraction of sp³-hybridized carbons (Fsp3) is 0.944. The highest BCUT2D eigenvalue weighted by Gasteiger charge is 2.17. The molecule has 374 valence electrons. The van der Waals surface area contributed by atoms with Gasteiger partial charge in [-0.05, 0) is 70.4 Å². The van der Waals surface area contributed by atoms with Crippen molar-refractivity contribution in [2.24, 2.45) is 5.92 Å². The summed E-state index contributed by atoms with van der Waals surface area (Å²) in [6.45, 7) is 19.9. The number of rotatable bonds is 50. The molecule has 0 fully saturated rings. The number of carbonyl (C=O) groups is 3. The van der Waals surface area contributed by atoms with Gasteiger partial charge in [-0.15, -0.1) is 0 Å². The Morgan fingerprint density at radius 2 is 0.857 bits per heavy atom. The average molecular weight is 895 g/mol. The van der Waals surface area contributed by atoms with Gasteiger partial charge in [0.1, 0.15) is 19.3 Å². The standard InChI is InChI=1S/C54H106N2O7/c1-7-13-17-21-23-27-32-38-51(57)49-60-46-44-56(43-42-55(11-5)12-6)45-47-61-54(59)63-52(39-33-20-16-10-4)40-34-28-24-25-29-35-41-53(58)62-48-50(36-30-19-15-9-3)37-31-26-22-18-14-8-2/h50,52H,7-49H2,1-6H3. The lowest BCUT2D eigenvalue weighted by Gasteiger charge is -2.26. The van der Waals surface area contributed by atoms with E-state index in [-0.39, 0.29) is 31.1 Å². The molecule has 0 N–H and O–H groups in total. The SMILES string of the molecule is CCCCCCCCCC(=O)COCCN(CCOC(=O)OC(CCCCCC)CCCCCCCCC(=O)OCC(CCCCCC)CCCCCCCC)CCN(CC)CC. The van der Waals surface area contributed by atoms with Crippen LogP contribution in [-0.2, 0) is 28.5 Å². The van der Waals surface area contributed by atoms with Crippen LogP contribution in [0.4, 0.5) is 4.79 Å². The van der Waals surface area contributed by atoms with Gasteiger partial charge in [0, 0.05) is 39.0 Å². The monoisotopic (exact) mass is 895 g/mol. The van der Waals surface area contributed by atoms with Crippen molar-refractivity contribution in [2.75, 3.05) is 65.7 Å². The molecule has 0 aliphatic rings. The second-order valence-corrected chi connectivity index (χ2v) is 18.6. The maximum absolute atomic E-state index is 12.9. The van der Waals surface area contributed by atoms with E-state index >= 15 is 0 Å². The Morgan fingerprint density at radius 1 is 0.429 bits per heavy atom. The second-order valence-electron chi connectivity index (χ2n) is 18.6. The van der Waals surface area contributed by atoms with Gasteiger partial charge in [0.05, 0.1) is 13.2 Å². The van der Waals surface area contributed by atoms with E-state index in [0.29, 0.717) is 45.1 Å². The van der Waals surface area contributed by atoms with Crippen LogP contribution in [-0.4, -0.2) is 99.5 Å². The van der Waals surface area contributed by atoms with Crippen molar-refractivity contribution in [3.63, 3.8) is 0 Å². The van der Waals surface area contributed by atoms with E-state index in [1.165, 1.54) is 122 Å². The van der Waals surface area contributed by atoms with Crippen LogP contribution in [0.5, 0.6) is 0 Å². The lowest BCUT2D eigenvalue weighted by molar-refractivity contribution is -0.145. The summed E-state index contributed by atoms with van der Waals surface area (Å²) >= 11 is 0. The van der Waals surface area contributed by atoms with Gasteiger partial charge in [0.2, 0.25) is 0 Å². The van der Waals surface area contributed by atoms with Crippen LogP contribution in [0.3, 0.4) is 0 Å². The molecule has 0 aromatic carbocycles. The highest BCUT2D eigenvalue weighted by Crippen LogP contribution is 2.21. The van der Waals surface area contributed by atoms with E-state index in [2.05, 4.69) is 51.3 Å². The first-order chi connectivity index (χ1) is 30.8. The summed E-state index contributed by atoms with van der Waals surface area (Å²) in [5.41, 5.74) is 0. The molecule has 9 nitrogen and oxygen atoms in total. The number of nitrogens with zero attached hydrogens (tertiary/aromatic N) is 2. The molecule has 0 saturated carbocycles. The molecule has 0 spiro atoms. The zero-order chi connectivity index (χ0) is 46.3. The van der Waals surface area contributed by atoms with Crippen LogP contribution < -0.4 is 0 Å².